The Bertz CT molecular complexity index is 330. The van der Waals surface area contributed by atoms with Crippen LogP contribution in [0.25, 0.3) is 0 Å². The Labute approximate surface area is 102 Å². The number of para-hydroxylation sites is 1. The van der Waals surface area contributed by atoms with Crippen LogP contribution in [0, 0.1) is 9.49 Å². The van der Waals surface area contributed by atoms with Gasteiger partial charge in [-0.15, -0.1) is 11.6 Å². The van der Waals surface area contributed by atoms with Crippen LogP contribution in [0.2, 0.25) is 0 Å². The van der Waals surface area contributed by atoms with Crippen LogP contribution >= 0.6 is 34.2 Å². The van der Waals surface area contributed by atoms with E-state index in [1.807, 2.05) is 24.3 Å². The largest absolute Gasteiger partial charge is 0.325 e. The van der Waals surface area contributed by atoms with Crippen molar-refractivity contribution in [2.45, 2.75) is 6.92 Å². The second kappa shape index (κ2) is 5.56. The summed E-state index contributed by atoms with van der Waals surface area (Å²) in [4.78, 5) is 11.5. The van der Waals surface area contributed by atoms with Crippen LogP contribution < -0.4 is 5.32 Å². The molecule has 14 heavy (non-hydrogen) atoms. The second-order valence-corrected chi connectivity index (χ2v) is 4.50. The quantitative estimate of drug-likeness (QED) is 0.672. The van der Waals surface area contributed by atoms with Gasteiger partial charge in [-0.25, -0.2) is 0 Å². The maximum absolute atomic E-state index is 11.5. The molecule has 1 unspecified atom stereocenters. The Balaban J connectivity index is 2.70. The molecule has 0 saturated heterocycles. The van der Waals surface area contributed by atoms with Gasteiger partial charge < -0.3 is 5.32 Å². The molecule has 1 rings (SSSR count). The van der Waals surface area contributed by atoms with Crippen molar-refractivity contribution in [2.24, 2.45) is 5.92 Å². The number of anilines is 1. The molecule has 0 aromatic heterocycles. The second-order valence-electron chi connectivity index (χ2n) is 3.02. The first-order valence-electron chi connectivity index (χ1n) is 4.26. The number of halogens is 2. The lowest BCUT2D eigenvalue weighted by molar-refractivity contribution is -0.118. The number of benzene rings is 1. The van der Waals surface area contributed by atoms with Crippen LogP contribution in [0.1, 0.15) is 6.92 Å². The van der Waals surface area contributed by atoms with Crippen LogP contribution in [0.3, 0.4) is 0 Å². The third-order valence-electron chi connectivity index (χ3n) is 1.81. The van der Waals surface area contributed by atoms with E-state index in [0.717, 1.165) is 9.26 Å². The zero-order valence-electron chi connectivity index (χ0n) is 7.76. The Kier molecular flexibility index (Phi) is 4.68. The standard InChI is InChI=1S/C10H11ClINO/c1-7(6-11)10(14)13-9-5-3-2-4-8(9)12/h2-5,7H,6H2,1H3,(H,13,14). The van der Waals surface area contributed by atoms with Crippen molar-refractivity contribution in [2.75, 3.05) is 11.2 Å². The number of carbonyl (C=O) groups excluding carboxylic acids is 1. The molecule has 0 spiro atoms. The molecule has 1 aromatic carbocycles. The van der Waals surface area contributed by atoms with Crippen molar-refractivity contribution in [3.05, 3.63) is 27.8 Å². The highest BCUT2D eigenvalue weighted by molar-refractivity contribution is 14.1. The first-order valence-corrected chi connectivity index (χ1v) is 5.88. The minimum absolute atomic E-state index is 0.0379. The van der Waals surface area contributed by atoms with Crippen molar-refractivity contribution in [3.63, 3.8) is 0 Å². The SMILES string of the molecule is CC(CCl)C(=O)Nc1ccccc1I. The fourth-order valence-electron chi connectivity index (χ4n) is 0.889. The van der Waals surface area contributed by atoms with Gasteiger partial charge in [-0.2, -0.15) is 0 Å². The summed E-state index contributed by atoms with van der Waals surface area (Å²) in [5.41, 5.74) is 0.843. The lowest BCUT2D eigenvalue weighted by atomic mass is 10.2. The van der Waals surface area contributed by atoms with Crippen molar-refractivity contribution in [1.29, 1.82) is 0 Å². The highest BCUT2D eigenvalue weighted by atomic mass is 127. The normalized spacial score (nSPS) is 12.2. The molecule has 0 bridgehead atoms. The Morgan fingerprint density at radius 2 is 2.21 bits per heavy atom. The van der Waals surface area contributed by atoms with Crippen LogP contribution in [0.4, 0.5) is 5.69 Å². The van der Waals surface area contributed by atoms with Crippen molar-refractivity contribution in [3.8, 4) is 0 Å². The minimum Gasteiger partial charge on any atom is -0.325 e. The Morgan fingerprint density at radius 1 is 1.57 bits per heavy atom. The van der Waals surface area contributed by atoms with Crippen molar-refractivity contribution >= 4 is 45.8 Å². The van der Waals surface area contributed by atoms with Gasteiger partial charge in [0.05, 0.1) is 5.69 Å². The van der Waals surface area contributed by atoms with Gasteiger partial charge in [-0.05, 0) is 34.7 Å². The molecule has 4 heteroatoms. The summed E-state index contributed by atoms with van der Waals surface area (Å²) in [5.74, 6) is 0.145. The molecule has 0 heterocycles. The summed E-state index contributed by atoms with van der Waals surface area (Å²) in [5, 5.41) is 2.83. The maximum Gasteiger partial charge on any atom is 0.228 e. The highest BCUT2D eigenvalue weighted by Crippen LogP contribution is 2.17. The predicted octanol–water partition coefficient (Wildman–Crippen LogP) is 3.10. The molecule has 76 valence electrons. The van der Waals surface area contributed by atoms with Crippen LogP contribution in [-0.2, 0) is 4.79 Å². The van der Waals surface area contributed by atoms with E-state index in [9.17, 15) is 4.79 Å². The number of alkyl halides is 1. The van der Waals surface area contributed by atoms with E-state index in [1.165, 1.54) is 0 Å². The number of amides is 1. The summed E-state index contributed by atoms with van der Waals surface area (Å²) in [6.45, 7) is 1.80. The average Bonchev–Trinajstić information content (AvgIpc) is 2.20. The van der Waals surface area contributed by atoms with Crippen LogP contribution in [0.5, 0.6) is 0 Å². The molecule has 1 atom stereocenters. The summed E-state index contributed by atoms with van der Waals surface area (Å²) in [6.07, 6.45) is 0. The van der Waals surface area contributed by atoms with E-state index in [4.69, 9.17) is 11.6 Å². The Morgan fingerprint density at radius 3 is 2.79 bits per heavy atom. The molecule has 0 aliphatic rings. The van der Waals surface area contributed by atoms with E-state index >= 15 is 0 Å². The average molecular weight is 324 g/mol. The number of nitrogens with one attached hydrogen (secondary N) is 1. The fourth-order valence-corrected chi connectivity index (χ4v) is 1.55. The predicted molar refractivity (Wildman–Crippen MR) is 67.7 cm³/mol. The maximum atomic E-state index is 11.5. The van der Waals surface area contributed by atoms with E-state index in [2.05, 4.69) is 27.9 Å². The van der Waals surface area contributed by atoms with Gasteiger partial charge in [-0.3, -0.25) is 4.79 Å². The monoisotopic (exact) mass is 323 g/mol. The molecule has 0 aliphatic heterocycles. The van der Waals surface area contributed by atoms with E-state index in [-0.39, 0.29) is 11.8 Å². The summed E-state index contributed by atoms with van der Waals surface area (Å²) < 4.78 is 1.03. The minimum atomic E-state index is -0.160. The molecule has 0 saturated carbocycles. The number of hydrogen-bond acceptors (Lipinski definition) is 1. The zero-order chi connectivity index (χ0) is 10.6. The molecular weight excluding hydrogens is 312 g/mol. The molecule has 0 fully saturated rings. The van der Waals surface area contributed by atoms with Gasteiger partial charge in [0.1, 0.15) is 0 Å². The van der Waals surface area contributed by atoms with E-state index in [1.54, 1.807) is 6.92 Å². The van der Waals surface area contributed by atoms with Crippen molar-refractivity contribution in [1.82, 2.24) is 0 Å². The summed E-state index contributed by atoms with van der Waals surface area (Å²) >= 11 is 7.77. The number of carbonyl (C=O) groups is 1. The highest BCUT2D eigenvalue weighted by Gasteiger charge is 2.12. The van der Waals surface area contributed by atoms with Crippen LogP contribution in [-0.4, -0.2) is 11.8 Å². The molecule has 1 N–H and O–H groups in total. The Hall–Kier alpha value is -0.290. The van der Waals surface area contributed by atoms with Gasteiger partial charge in [0.25, 0.3) is 0 Å². The third-order valence-corrected chi connectivity index (χ3v) is 3.21. The van der Waals surface area contributed by atoms with Gasteiger partial charge in [-0.1, -0.05) is 19.1 Å². The molecule has 0 radical (unpaired) electrons. The molecule has 1 aromatic rings. The summed E-state index contributed by atoms with van der Waals surface area (Å²) in [6, 6.07) is 7.65. The van der Waals surface area contributed by atoms with Gasteiger partial charge in [0, 0.05) is 15.4 Å². The topological polar surface area (TPSA) is 29.1 Å². The van der Waals surface area contributed by atoms with Gasteiger partial charge in [0.2, 0.25) is 5.91 Å². The van der Waals surface area contributed by atoms with Crippen LogP contribution in [0.15, 0.2) is 24.3 Å². The first-order chi connectivity index (χ1) is 6.65. The fraction of sp³-hybridized carbons (Fsp3) is 0.300. The molecule has 2 nitrogen and oxygen atoms in total. The number of hydrogen-bond donors (Lipinski definition) is 1. The van der Waals surface area contributed by atoms with E-state index < -0.39 is 0 Å². The van der Waals surface area contributed by atoms with E-state index in [0.29, 0.717) is 5.88 Å². The van der Waals surface area contributed by atoms with Gasteiger partial charge >= 0.3 is 0 Å². The first kappa shape index (κ1) is 11.8. The smallest absolute Gasteiger partial charge is 0.228 e. The zero-order valence-corrected chi connectivity index (χ0v) is 10.7. The lowest BCUT2D eigenvalue weighted by Crippen LogP contribution is -2.21. The molecule has 1 amide bonds. The summed E-state index contributed by atoms with van der Waals surface area (Å²) in [7, 11) is 0. The lowest BCUT2D eigenvalue weighted by Gasteiger charge is -2.10. The number of rotatable bonds is 3. The third kappa shape index (κ3) is 3.13. The van der Waals surface area contributed by atoms with Crippen molar-refractivity contribution < 1.29 is 4.79 Å². The molecule has 0 aliphatic carbocycles. The molecular formula is C10H11ClINO. The van der Waals surface area contributed by atoms with Gasteiger partial charge in [0.15, 0.2) is 0 Å².